The SMILES string of the molecule is CC[C@H](OC(=O)c1cc2ccccc2[nH]1)C(=O)Nc1cc(C)on1. The molecule has 0 aliphatic carbocycles. The zero-order valence-corrected chi connectivity index (χ0v) is 13.3. The monoisotopic (exact) mass is 327 g/mol. The van der Waals surface area contributed by atoms with E-state index in [1.165, 1.54) is 0 Å². The van der Waals surface area contributed by atoms with Crippen molar-refractivity contribution in [3.8, 4) is 0 Å². The second kappa shape index (κ2) is 6.57. The van der Waals surface area contributed by atoms with E-state index < -0.39 is 18.0 Å². The van der Waals surface area contributed by atoms with Gasteiger partial charge in [-0.15, -0.1) is 0 Å². The van der Waals surface area contributed by atoms with Crippen LogP contribution in [0, 0.1) is 6.92 Å². The first kappa shape index (κ1) is 15.8. The van der Waals surface area contributed by atoms with Gasteiger partial charge >= 0.3 is 5.97 Å². The summed E-state index contributed by atoms with van der Waals surface area (Å²) in [6.07, 6.45) is -0.574. The smallest absolute Gasteiger partial charge is 0.355 e. The van der Waals surface area contributed by atoms with Crippen LogP contribution in [-0.4, -0.2) is 28.1 Å². The molecule has 3 aromatic rings. The molecule has 0 unspecified atom stereocenters. The second-order valence-electron chi connectivity index (χ2n) is 5.38. The fourth-order valence-electron chi connectivity index (χ4n) is 2.33. The first-order chi connectivity index (χ1) is 11.6. The molecule has 24 heavy (non-hydrogen) atoms. The molecule has 0 saturated carbocycles. The Hall–Kier alpha value is -3.09. The highest BCUT2D eigenvalue weighted by Gasteiger charge is 2.23. The van der Waals surface area contributed by atoms with Gasteiger partial charge in [0.2, 0.25) is 0 Å². The number of nitrogens with zero attached hydrogens (tertiary/aromatic N) is 1. The molecule has 2 N–H and O–H groups in total. The van der Waals surface area contributed by atoms with E-state index >= 15 is 0 Å². The molecule has 1 atom stereocenters. The molecule has 0 aliphatic heterocycles. The van der Waals surface area contributed by atoms with Gasteiger partial charge in [-0.25, -0.2) is 4.79 Å². The first-order valence-electron chi connectivity index (χ1n) is 7.59. The van der Waals surface area contributed by atoms with Crippen LogP contribution >= 0.6 is 0 Å². The van der Waals surface area contributed by atoms with Crippen LogP contribution < -0.4 is 5.32 Å². The van der Waals surface area contributed by atoms with Crippen LogP contribution in [0.1, 0.15) is 29.6 Å². The fraction of sp³-hybridized carbons (Fsp3) is 0.235. The molecule has 0 fully saturated rings. The molecule has 7 nitrogen and oxygen atoms in total. The Morgan fingerprint density at radius 2 is 2.12 bits per heavy atom. The predicted octanol–water partition coefficient (Wildman–Crippen LogP) is 3.04. The maximum Gasteiger partial charge on any atom is 0.355 e. The third-order valence-electron chi connectivity index (χ3n) is 3.54. The number of anilines is 1. The molecular formula is C17H17N3O4. The number of carbonyl (C=O) groups excluding carboxylic acids is 2. The van der Waals surface area contributed by atoms with E-state index in [9.17, 15) is 9.59 Å². The van der Waals surface area contributed by atoms with E-state index in [1.54, 1.807) is 26.0 Å². The summed E-state index contributed by atoms with van der Waals surface area (Å²) in [5, 5.41) is 7.15. The standard InChI is InChI=1S/C17H17N3O4/c1-3-14(16(21)19-15-8-10(2)24-20-15)23-17(22)13-9-11-6-4-5-7-12(11)18-13/h4-9,14,18H,3H2,1-2H3,(H,19,20,21)/t14-/m0/s1. The molecule has 0 bridgehead atoms. The van der Waals surface area contributed by atoms with Crippen molar-refractivity contribution < 1.29 is 18.8 Å². The molecule has 124 valence electrons. The third kappa shape index (κ3) is 3.29. The molecular weight excluding hydrogens is 310 g/mol. The highest BCUT2D eigenvalue weighted by molar-refractivity contribution is 5.98. The van der Waals surface area contributed by atoms with Crippen molar-refractivity contribution in [2.45, 2.75) is 26.4 Å². The normalized spacial score (nSPS) is 12.1. The number of benzene rings is 1. The van der Waals surface area contributed by atoms with Crippen LogP contribution in [-0.2, 0) is 9.53 Å². The van der Waals surface area contributed by atoms with Gasteiger partial charge in [0.1, 0.15) is 11.5 Å². The minimum Gasteiger partial charge on any atom is -0.448 e. The van der Waals surface area contributed by atoms with Gasteiger partial charge in [-0.3, -0.25) is 4.79 Å². The zero-order valence-electron chi connectivity index (χ0n) is 13.3. The lowest BCUT2D eigenvalue weighted by molar-refractivity contribution is -0.124. The van der Waals surface area contributed by atoms with E-state index in [4.69, 9.17) is 9.26 Å². The third-order valence-corrected chi connectivity index (χ3v) is 3.54. The Morgan fingerprint density at radius 1 is 1.33 bits per heavy atom. The van der Waals surface area contributed by atoms with Crippen LogP contribution in [0.2, 0.25) is 0 Å². The van der Waals surface area contributed by atoms with Crippen LogP contribution in [0.25, 0.3) is 10.9 Å². The van der Waals surface area contributed by atoms with E-state index in [-0.39, 0.29) is 5.82 Å². The Kier molecular flexibility index (Phi) is 4.33. The number of para-hydroxylation sites is 1. The van der Waals surface area contributed by atoms with Crippen molar-refractivity contribution >= 4 is 28.6 Å². The molecule has 0 saturated heterocycles. The van der Waals surface area contributed by atoms with Gasteiger partial charge in [0.05, 0.1) is 0 Å². The van der Waals surface area contributed by atoms with Crippen molar-refractivity contribution in [3.63, 3.8) is 0 Å². The topological polar surface area (TPSA) is 97.2 Å². The Morgan fingerprint density at radius 3 is 2.79 bits per heavy atom. The van der Waals surface area contributed by atoms with E-state index in [2.05, 4.69) is 15.5 Å². The maximum absolute atomic E-state index is 12.3. The second-order valence-corrected chi connectivity index (χ2v) is 5.38. The summed E-state index contributed by atoms with van der Waals surface area (Å²) in [6, 6.07) is 10.8. The van der Waals surface area contributed by atoms with Gasteiger partial charge in [-0.1, -0.05) is 30.3 Å². The molecule has 1 amide bonds. The molecule has 3 rings (SSSR count). The number of ether oxygens (including phenoxy) is 1. The molecule has 0 radical (unpaired) electrons. The van der Waals surface area contributed by atoms with Crippen molar-refractivity contribution in [2.24, 2.45) is 0 Å². The number of carbonyl (C=O) groups is 2. The number of hydrogen-bond acceptors (Lipinski definition) is 5. The molecule has 7 heteroatoms. The predicted molar refractivity (Wildman–Crippen MR) is 87.7 cm³/mol. The molecule has 2 aromatic heterocycles. The van der Waals surface area contributed by atoms with Crippen LogP contribution in [0.3, 0.4) is 0 Å². The fourth-order valence-corrected chi connectivity index (χ4v) is 2.33. The molecule has 0 aliphatic rings. The number of aryl methyl sites for hydroxylation is 1. The molecule has 1 aromatic carbocycles. The number of aromatic nitrogens is 2. The number of rotatable bonds is 5. The molecule has 2 heterocycles. The summed E-state index contributed by atoms with van der Waals surface area (Å²) in [6.45, 7) is 3.48. The number of aromatic amines is 1. The lowest BCUT2D eigenvalue weighted by atomic mass is 10.2. The van der Waals surface area contributed by atoms with E-state index in [0.29, 0.717) is 17.9 Å². The molecule has 0 spiro atoms. The van der Waals surface area contributed by atoms with E-state index in [0.717, 1.165) is 10.9 Å². The summed E-state index contributed by atoms with van der Waals surface area (Å²) in [4.78, 5) is 27.5. The first-order valence-corrected chi connectivity index (χ1v) is 7.59. The quantitative estimate of drug-likeness (QED) is 0.702. The number of amides is 1. The zero-order chi connectivity index (χ0) is 17.1. The van der Waals surface area contributed by atoms with E-state index in [1.807, 2.05) is 24.3 Å². The summed E-state index contributed by atoms with van der Waals surface area (Å²) in [7, 11) is 0. The van der Waals surface area contributed by atoms with Gasteiger partial charge in [-0.2, -0.15) is 0 Å². The average Bonchev–Trinajstić information content (AvgIpc) is 3.18. The number of esters is 1. The lowest BCUT2D eigenvalue weighted by Gasteiger charge is -2.14. The average molecular weight is 327 g/mol. The Balaban J connectivity index is 1.69. The van der Waals surface area contributed by atoms with Crippen LogP contribution in [0.4, 0.5) is 5.82 Å². The van der Waals surface area contributed by atoms with Crippen molar-refractivity contribution in [2.75, 3.05) is 5.32 Å². The summed E-state index contributed by atoms with van der Waals surface area (Å²) < 4.78 is 10.2. The summed E-state index contributed by atoms with van der Waals surface area (Å²) >= 11 is 0. The highest BCUT2D eigenvalue weighted by Crippen LogP contribution is 2.16. The van der Waals surface area contributed by atoms with Crippen molar-refractivity contribution in [3.05, 3.63) is 47.9 Å². The van der Waals surface area contributed by atoms with Crippen LogP contribution in [0.15, 0.2) is 40.9 Å². The van der Waals surface area contributed by atoms with Gasteiger partial charge in [0, 0.05) is 17.0 Å². The lowest BCUT2D eigenvalue weighted by Crippen LogP contribution is -2.32. The van der Waals surface area contributed by atoms with Crippen molar-refractivity contribution in [1.82, 2.24) is 10.1 Å². The minimum atomic E-state index is -0.916. The summed E-state index contributed by atoms with van der Waals surface area (Å²) in [5.41, 5.74) is 1.14. The largest absolute Gasteiger partial charge is 0.448 e. The Labute approximate surface area is 138 Å². The van der Waals surface area contributed by atoms with Gasteiger partial charge in [0.25, 0.3) is 5.91 Å². The maximum atomic E-state index is 12.3. The van der Waals surface area contributed by atoms with Crippen LogP contribution in [0.5, 0.6) is 0 Å². The van der Waals surface area contributed by atoms with Gasteiger partial charge in [-0.05, 0) is 25.5 Å². The highest BCUT2D eigenvalue weighted by atomic mass is 16.5. The van der Waals surface area contributed by atoms with Gasteiger partial charge in [0.15, 0.2) is 11.9 Å². The number of H-pyrrole nitrogens is 1. The van der Waals surface area contributed by atoms with Crippen molar-refractivity contribution in [1.29, 1.82) is 0 Å². The summed E-state index contributed by atoms with van der Waals surface area (Å²) in [5.74, 6) is -0.161. The van der Waals surface area contributed by atoms with Gasteiger partial charge < -0.3 is 19.6 Å². The number of hydrogen-bond donors (Lipinski definition) is 2. The Bertz CT molecular complexity index is 848. The number of fused-ring (bicyclic) bond motifs is 1. The minimum absolute atomic E-state index is 0.289. The number of nitrogens with one attached hydrogen (secondary N) is 2.